The van der Waals surface area contributed by atoms with Gasteiger partial charge >= 0.3 is 0 Å². The van der Waals surface area contributed by atoms with Crippen molar-refractivity contribution >= 4 is 17.3 Å². The number of nitro groups is 1. The van der Waals surface area contributed by atoms with Crippen LogP contribution >= 0.6 is 11.6 Å². The minimum Gasteiger partial charge on any atom is -0.396 e. The van der Waals surface area contributed by atoms with Crippen LogP contribution in [0.15, 0.2) is 18.2 Å². The maximum absolute atomic E-state index is 11.0. The Morgan fingerprint density at radius 2 is 2.21 bits per heavy atom. The van der Waals surface area contributed by atoms with Crippen LogP contribution in [0.4, 0.5) is 5.69 Å². The summed E-state index contributed by atoms with van der Waals surface area (Å²) in [6.45, 7) is 4.46. The number of halogens is 1. The number of nitrogens with zero attached hydrogens (tertiary/aromatic N) is 1. The van der Waals surface area contributed by atoms with E-state index in [0.717, 1.165) is 6.42 Å². The molecule has 5 nitrogen and oxygen atoms in total. The topological polar surface area (TPSA) is 75.4 Å². The van der Waals surface area contributed by atoms with Crippen LogP contribution in [0.25, 0.3) is 0 Å². The molecular weight excluding hydrogens is 268 g/mol. The molecule has 19 heavy (non-hydrogen) atoms. The van der Waals surface area contributed by atoms with Crippen LogP contribution in [0.3, 0.4) is 0 Å². The van der Waals surface area contributed by atoms with Gasteiger partial charge in [-0.2, -0.15) is 0 Å². The highest BCUT2D eigenvalue weighted by molar-refractivity contribution is 6.30. The lowest BCUT2D eigenvalue weighted by Crippen LogP contribution is -2.42. The molecule has 0 radical (unpaired) electrons. The molecule has 1 unspecified atom stereocenters. The van der Waals surface area contributed by atoms with E-state index < -0.39 is 4.92 Å². The predicted molar refractivity (Wildman–Crippen MR) is 75.3 cm³/mol. The van der Waals surface area contributed by atoms with E-state index in [1.54, 1.807) is 12.1 Å². The molecule has 0 fully saturated rings. The number of benzene rings is 1. The van der Waals surface area contributed by atoms with Crippen molar-refractivity contribution in [1.82, 2.24) is 5.32 Å². The Bertz CT molecular complexity index is 454. The highest BCUT2D eigenvalue weighted by Gasteiger charge is 2.22. The average Bonchev–Trinajstić information content (AvgIpc) is 2.37. The lowest BCUT2D eigenvalue weighted by molar-refractivity contribution is -0.385. The molecule has 0 aliphatic rings. The molecule has 0 saturated carbocycles. The largest absolute Gasteiger partial charge is 0.396 e. The van der Waals surface area contributed by atoms with Crippen LogP contribution < -0.4 is 5.32 Å². The zero-order valence-corrected chi connectivity index (χ0v) is 11.9. The summed E-state index contributed by atoms with van der Waals surface area (Å²) >= 11 is 5.77. The van der Waals surface area contributed by atoms with Crippen molar-refractivity contribution in [2.24, 2.45) is 0 Å². The van der Waals surface area contributed by atoms with Crippen molar-refractivity contribution in [2.45, 2.75) is 38.8 Å². The first-order valence-electron chi connectivity index (χ1n) is 6.20. The second-order valence-corrected chi connectivity index (χ2v) is 5.21. The summed E-state index contributed by atoms with van der Waals surface area (Å²) in [5, 5.41) is 23.6. The smallest absolute Gasteiger partial charge is 0.275 e. The lowest BCUT2D eigenvalue weighted by Gasteiger charge is -2.29. The van der Waals surface area contributed by atoms with E-state index in [2.05, 4.69) is 5.32 Å². The third-order valence-electron chi connectivity index (χ3n) is 3.39. The van der Waals surface area contributed by atoms with Crippen LogP contribution in [0, 0.1) is 10.1 Å². The highest BCUT2D eigenvalue weighted by atomic mass is 35.5. The average molecular weight is 287 g/mol. The Morgan fingerprint density at radius 1 is 1.53 bits per heavy atom. The SMILES string of the molecule is CCC(C)(CCO)NCc1ccc(Cl)cc1[N+](=O)[O-]. The van der Waals surface area contributed by atoms with Gasteiger partial charge in [0.25, 0.3) is 5.69 Å². The Morgan fingerprint density at radius 3 is 2.74 bits per heavy atom. The van der Waals surface area contributed by atoms with Gasteiger partial charge in [0.1, 0.15) is 0 Å². The summed E-state index contributed by atoms with van der Waals surface area (Å²) in [5.41, 5.74) is 0.372. The molecule has 0 saturated heterocycles. The van der Waals surface area contributed by atoms with E-state index >= 15 is 0 Å². The fourth-order valence-corrected chi connectivity index (χ4v) is 1.97. The van der Waals surface area contributed by atoms with E-state index in [9.17, 15) is 10.1 Å². The lowest BCUT2D eigenvalue weighted by atomic mass is 9.94. The van der Waals surface area contributed by atoms with Gasteiger partial charge in [-0.15, -0.1) is 0 Å². The number of nitro benzene ring substituents is 1. The van der Waals surface area contributed by atoms with E-state index in [-0.39, 0.29) is 17.8 Å². The van der Waals surface area contributed by atoms with Crippen molar-refractivity contribution in [1.29, 1.82) is 0 Å². The van der Waals surface area contributed by atoms with Gasteiger partial charge in [0.2, 0.25) is 0 Å². The minimum absolute atomic E-state index is 0.0162. The zero-order valence-electron chi connectivity index (χ0n) is 11.1. The molecular formula is C13H19ClN2O3. The van der Waals surface area contributed by atoms with Crippen molar-refractivity contribution in [3.05, 3.63) is 38.9 Å². The molecule has 1 rings (SSSR count). The quantitative estimate of drug-likeness (QED) is 0.597. The second kappa shape index (κ2) is 6.84. The maximum Gasteiger partial charge on any atom is 0.275 e. The van der Waals surface area contributed by atoms with Crippen molar-refractivity contribution in [3.8, 4) is 0 Å². The molecule has 1 aromatic rings. The van der Waals surface area contributed by atoms with Gasteiger partial charge in [-0.05, 0) is 31.9 Å². The van der Waals surface area contributed by atoms with Gasteiger partial charge in [-0.25, -0.2) is 0 Å². The van der Waals surface area contributed by atoms with Gasteiger partial charge in [-0.3, -0.25) is 10.1 Å². The van der Waals surface area contributed by atoms with Gasteiger partial charge in [0, 0.05) is 35.3 Å². The van der Waals surface area contributed by atoms with E-state index in [4.69, 9.17) is 16.7 Å². The third-order valence-corrected chi connectivity index (χ3v) is 3.63. The Balaban J connectivity index is 2.85. The van der Waals surface area contributed by atoms with E-state index in [1.807, 2.05) is 13.8 Å². The molecule has 0 amide bonds. The summed E-state index contributed by atoms with van der Waals surface area (Å²) in [5.74, 6) is 0. The molecule has 0 aliphatic heterocycles. The summed E-state index contributed by atoms with van der Waals surface area (Å²) in [6.07, 6.45) is 1.43. The first-order valence-corrected chi connectivity index (χ1v) is 6.58. The fourth-order valence-electron chi connectivity index (χ4n) is 1.80. The summed E-state index contributed by atoms with van der Waals surface area (Å²) in [4.78, 5) is 10.5. The molecule has 0 spiro atoms. The first-order chi connectivity index (χ1) is 8.91. The van der Waals surface area contributed by atoms with E-state index in [1.165, 1.54) is 6.07 Å². The number of rotatable bonds is 7. The Hall–Kier alpha value is -1.17. The number of aliphatic hydroxyl groups excluding tert-OH is 1. The summed E-state index contributed by atoms with van der Waals surface area (Å²) in [6, 6.07) is 4.65. The van der Waals surface area contributed by atoms with Crippen molar-refractivity contribution in [2.75, 3.05) is 6.61 Å². The highest BCUT2D eigenvalue weighted by Crippen LogP contribution is 2.24. The number of hydrogen-bond donors (Lipinski definition) is 2. The molecule has 0 aromatic heterocycles. The molecule has 106 valence electrons. The number of hydrogen-bond acceptors (Lipinski definition) is 4. The van der Waals surface area contributed by atoms with Crippen LogP contribution in [0.5, 0.6) is 0 Å². The van der Waals surface area contributed by atoms with Gasteiger partial charge in [0.15, 0.2) is 0 Å². The molecule has 0 heterocycles. The maximum atomic E-state index is 11.0. The predicted octanol–water partition coefficient (Wildman–Crippen LogP) is 2.89. The third kappa shape index (κ3) is 4.45. The molecule has 0 bridgehead atoms. The van der Waals surface area contributed by atoms with E-state index in [0.29, 0.717) is 23.6 Å². The van der Waals surface area contributed by atoms with Gasteiger partial charge < -0.3 is 10.4 Å². The Labute approximate surface area is 117 Å². The molecule has 1 aromatic carbocycles. The van der Waals surface area contributed by atoms with Crippen molar-refractivity contribution < 1.29 is 10.0 Å². The van der Waals surface area contributed by atoms with Gasteiger partial charge in [-0.1, -0.05) is 18.5 Å². The minimum atomic E-state index is -0.432. The monoisotopic (exact) mass is 286 g/mol. The number of nitrogens with one attached hydrogen (secondary N) is 1. The summed E-state index contributed by atoms with van der Waals surface area (Å²) < 4.78 is 0. The number of aliphatic hydroxyl groups is 1. The summed E-state index contributed by atoms with van der Waals surface area (Å²) in [7, 11) is 0. The Kier molecular flexibility index (Phi) is 5.72. The molecule has 2 N–H and O–H groups in total. The van der Waals surface area contributed by atoms with Gasteiger partial charge in [0.05, 0.1) is 4.92 Å². The zero-order chi connectivity index (χ0) is 14.5. The fraction of sp³-hybridized carbons (Fsp3) is 0.538. The van der Waals surface area contributed by atoms with Crippen LogP contribution in [-0.2, 0) is 6.54 Å². The standard InChI is InChI=1S/C13H19ClN2O3/c1-3-13(2,6-7-17)15-9-10-4-5-11(14)8-12(10)16(18)19/h4-5,8,15,17H,3,6-7,9H2,1-2H3. The normalized spacial score (nSPS) is 14.1. The van der Waals surface area contributed by atoms with Crippen LogP contribution in [-0.4, -0.2) is 22.2 Å². The first kappa shape index (κ1) is 15.9. The molecule has 6 heteroatoms. The molecule has 0 aliphatic carbocycles. The van der Waals surface area contributed by atoms with Crippen molar-refractivity contribution in [3.63, 3.8) is 0 Å². The molecule has 1 atom stereocenters. The van der Waals surface area contributed by atoms with Crippen LogP contribution in [0.1, 0.15) is 32.3 Å². The second-order valence-electron chi connectivity index (χ2n) is 4.77. The van der Waals surface area contributed by atoms with Crippen LogP contribution in [0.2, 0.25) is 5.02 Å².